The van der Waals surface area contributed by atoms with Crippen LogP contribution in [0, 0.1) is 0 Å². The molecule has 0 radical (unpaired) electrons. The molecule has 0 aliphatic rings. The maximum atomic E-state index is 12.0. The van der Waals surface area contributed by atoms with Crippen molar-refractivity contribution in [3.05, 3.63) is 47.8 Å². The number of thioether (sulfide) groups is 1. The highest BCUT2D eigenvalue weighted by Crippen LogP contribution is 2.19. The number of rotatable bonds is 8. The second-order valence-electron chi connectivity index (χ2n) is 4.58. The van der Waals surface area contributed by atoms with Crippen LogP contribution >= 0.6 is 23.4 Å². The lowest BCUT2D eigenvalue weighted by atomic mass is 10.3. The Morgan fingerprint density at radius 3 is 3.04 bits per heavy atom. The Balaban J connectivity index is 1.97. The summed E-state index contributed by atoms with van der Waals surface area (Å²) in [6.07, 6.45) is 1.75. The molecule has 0 unspecified atom stereocenters. The van der Waals surface area contributed by atoms with Crippen LogP contribution < -0.4 is 5.32 Å². The SMILES string of the molecule is C=CCn1c(COC)nnc1SCC(=O)Nc1cccc(Cl)c1. The van der Waals surface area contributed by atoms with Crippen molar-refractivity contribution in [1.29, 1.82) is 0 Å². The minimum atomic E-state index is -0.140. The van der Waals surface area contributed by atoms with Crippen LogP contribution in [0.2, 0.25) is 5.02 Å². The molecule has 6 nitrogen and oxygen atoms in total. The molecule has 8 heteroatoms. The topological polar surface area (TPSA) is 69.0 Å². The minimum Gasteiger partial charge on any atom is -0.377 e. The van der Waals surface area contributed by atoms with Crippen molar-refractivity contribution in [2.45, 2.75) is 18.3 Å². The first-order chi connectivity index (χ1) is 11.1. The molecule has 1 aromatic carbocycles. The Bertz CT molecular complexity index is 690. The van der Waals surface area contributed by atoms with Gasteiger partial charge in [-0.15, -0.1) is 16.8 Å². The number of carbonyl (C=O) groups excluding carboxylic acids is 1. The summed E-state index contributed by atoms with van der Waals surface area (Å²) in [4.78, 5) is 12.0. The smallest absolute Gasteiger partial charge is 0.234 e. The number of aromatic nitrogens is 3. The monoisotopic (exact) mass is 352 g/mol. The van der Waals surface area contributed by atoms with E-state index in [-0.39, 0.29) is 11.7 Å². The fraction of sp³-hybridized carbons (Fsp3) is 0.267. The number of nitrogens with one attached hydrogen (secondary N) is 1. The van der Waals surface area contributed by atoms with Gasteiger partial charge in [0.2, 0.25) is 5.91 Å². The molecule has 0 aliphatic heterocycles. The third kappa shape index (κ3) is 5.09. The molecule has 2 rings (SSSR count). The quantitative estimate of drug-likeness (QED) is 0.584. The summed E-state index contributed by atoms with van der Waals surface area (Å²) in [5, 5.41) is 12.2. The van der Waals surface area contributed by atoms with Crippen LogP contribution in [-0.2, 0) is 22.7 Å². The van der Waals surface area contributed by atoms with Crippen LogP contribution in [0.1, 0.15) is 5.82 Å². The molecule has 0 spiro atoms. The van der Waals surface area contributed by atoms with E-state index in [0.29, 0.717) is 34.8 Å². The van der Waals surface area contributed by atoms with E-state index in [1.807, 2.05) is 4.57 Å². The standard InChI is InChI=1S/C15H17ClN4O2S/c1-3-7-20-13(9-22-2)18-19-15(20)23-10-14(21)17-12-6-4-5-11(16)8-12/h3-6,8H,1,7,9-10H2,2H3,(H,17,21). The van der Waals surface area contributed by atoms with Gasteiger partial charge in [-0.25, -0.2) is 0 Å². The van der Waals surface area contributed by atoms with Gasteiger partial charge in [0.05, 0.1) is 5.75 Å². The number of hydrogen-bond donors (Lipinski definition) is 1. The molecule has 2 aromatic rings. The maximum Gasteiger partial charge on any atom is 0.234 e. The number of hydrogen-bond acceptors (Lipinski definition) is 5. The zero-order valence-corrected chi connectivity index (χ0v) is 14.2. The van der Waals surface area contributed by atoms with Crippen LogP contribution in [0.15, 0.2) is 42.1 Å². The van der Waals surface area contributed by atoms with E-state index in [9.17, 15) is 4.79 Å². The van der Waals surface area contributed by atoms with Gasteiger partial charge in [-0.2, -0.15) is 0 Å². The molecule has 1 heterocycles. The first kappa shape index (κ1) is 17.5. The first-order valence-corrected chi connectivity index (χ1v) is 8.20. The van der Waals surface area contributed by atoms with Crippen molar-refractivity contribution in [1.82, 2.24) is 14.8 Å². The minimum absolute atomic E-state index is 0.140. The van der Waals surface area contributed by atoms with Crippen molar-refractivity contribution in [2.24, 2.45) is 0 Å². The van der Waals surface area contributed by atoms with E-state index in [0.717, 1.165) is 0 Å². The Hall–Kier alpha value is -1.83. The normalized spacial score (nSPS) is 10.5. The van der Waals surface area contributed by atoms with Gasteiger partial charge in [0.1, 0.15) is 6.61 Å². The zero-order valence-electron chi connectivity index (χ0n) is 12.7. The Labute approximate surface area is 143 Å². The predicted octanol–water partition coefficient (Wildman–Crippen LogP) is 2.99. The van der Waals surface area contributed by atoms with Gasteiger partial charge < -0.3 is 14.6 Å². The summed E-state index contributed by atoms with van der Waals surface area (Å²) in [5.41, 5.74) is 0.663. The van der Waals surface area contributed by atoms with Gasteiger partial charge in [-0.1, -0.05) is 35.5 Å². The van der Waals surface area contributed by atoms with Gasteiger partial charge in [0.15, 0.2) is 11.0 Å². The fourth-order valence-corrected chi connectivity index (χ4v) is 2.82. The third-order valence-electron chi connectivity index (χ3n) is 2.82. The van der Waals surface area contributed by atoms with E-state index in [1.165, 1.54) is 11.8 Å². The molecular formula is C15H17ClN4O2S. The van der Waals surface area contributed by atoms with Crippen molar-refractivity contribution < 1.29 is 9.53 Å². The summed E-state index contributed by atoms with van der Waals surface area (Å²) < 4.78 is 6.95. The van der Waals surface area contributed by atoms with Crippen LogP contribution in [0.3, 0.4) is 0 Å². The molecule has 122 valence electrons. The largest absolute Gasteiger partial charge is 0.377 e. The molecule has 0 bridgehead atoms. The molecule has 1 aromatic heterocycles. The summed E-state index contributed by atoms with van der Waals surface area (Å²) >= 11 is 7.20. The third-order valence-corrected chi connectivity index (χ3v) is 4.02. The first-order valence-electron chi connectivity index (χ1n) is 6.84. The molecule has 0 atom stereocenters. The van der Waals surface area contributed by atoms with E-state index >= 15 is 0 Å². The molecule has 0 saturated heterocycles. The van der Waals surface area contributed by atoms with Crippen molar-refractivity contribution in [3.63, 3.8) is 0 Å². The summed E-state index contributed by atoms with van der Waals surface area (Å²) in [7, 11) is 1.60. The molecule has 0 saturated carbocycles. The average molecular weight is 353 g/mol. The summed E-state index contributed by atoms with van der Waals surface area (Å²) in [5.74, 6) is 0.776. The zero-order chi connectivity index (χ0) is 16.7. The van der Waals surface area contributed by atoms with Gasteiger partial charge in [-0.05, 0) is 18.2 Å². The highest BCUT2D eigenvalue weighted by atomic mass is 35.5. The lowest BCUT2D eigenvalue weighted by Crippen LogP contribution is -2.14. The van der Waals surface area contributed by atoms with Crippen LogP contribution in [0.25, 0.3) is 0 Å². The molecule has 0 aliphatic carbocycles. The highest BCUT2D eigenvalue weighted by Gasteiger charge is 2.13. The molecule has 0 fully saturated rings. The van der Waals surface area contributed by atoms with Crippen molar-refractivity contribution in [3.8, 4) is 0 Å². The number of methoxy groups -OCH3 is 1. The lowest BCUT2D eigenvalue weighted by Gasteiger charge is -2.07. The highest BCUT2D eigenvalue weighted by molar-refractivity contribution is 7.99. The number of ether oxygens (including phenoxy) is 1. The number of allylic oxidation sites excluding steroid dienone is 1. The Kier molecular flexibility index (Phi) is 6.64. The summed E-state index contributed by atoms with van der Waals surface area (Å²) in [6, 6.07) is 7.01. The van der Waals surface area contributed by atoms with Crippen LogP contribution in [0.5, 0.6) is 0 Å². The van der Waals surface area contributed by atoms with Crippen molar-refractivity contribution in [2.75, 3.05) is 18.2 Å². The van der Waals surface area contributed by atoms with Gasteiger partial charge >= 0.3 is 0 Å². The van der Waals surface area contributed by atoms with Crippen molar-refractivity contribution >= 4 is 35.0 Å². The van der Waals surface area contributed by atoms with E-state index < -0.39 is 0 Å². The van der Waals surface area contributed by atoms with Gasteiger partial charge in [-0.3, -0.25) is 4.79 Å². The number of carbonyl (C=O) groups is 1. The predicted molar refractivity (Wildman–Crippen MR) is 91.7 cm³/mol. The number of benzene rings is 1. The number of nitrogens with zero attached hydrogens (tertiary/aromatic N) is 3. The molecule has 1 amide bonds. The maximum absolute atomic E-state index is 12.0. The molecular weight excluding hydrogens is 336 g/mol. The number of amides is 1. The molecule has 23 heavy (non-hydrogen) atoms. The second-order valence-corrected chi connectivity index (χ2v) is 5.96. The van der Waals surface area contributed by atoms with E-state index in [1.54, 1.807) is 37.5 Å². The average Bonchev–Trinajstić information content (AvgIpc) is 2.88. The Morgan fingerprint density at radius 2 is 2.35 bits per heavy atom. The van der Waals surface area contributed by atoms with Gasteiger partial charge in [0, 0.05) is 24.4 Å². The summed E-state index contributed by atoms with van der Waals surface area (Å²) in [6.45, 7) is 4.64. The number of halogens is 1. The van der Waals surface area contributed by atoms with Crippen LogP contribution in [-0.4, -0.2) is 33.5 Å². The van der Waals surface area contributed by atoms with Gasteiger partial charge in [0.25, 0.3) is 0 Å². The fourth-order valence-electron chi connectivity index (χ4n) is 1.87. The molecule has 1 N–H and O–H groups in total. The lowest BCUT2D eigenvalue weighted by molar-refractivity contribution is -0.113. The van der Waals surface area contributed by atoms with E-state index in [4.69, 9.17) is 16.3 Å². The second kappa shape index (κ2) is 8.71. The number of anilines is 1. The van der Waals surface area contributed by atoms with Crippen LogP contribution in [0.4, 0.5) is 5.69 Å². The van der Waals surface area contributed by atoms with E-state index in [2.05, 4.69) is 22.1 Å². The Morgan fingerprint density at radius 1 is 1.52 bits per heavy atom.